The lowest BCUT2D eigenvalue weighted by Crippen LogP contribution is -2.26. The quantitative estimate of drug-likeness (QED) is 0.519. The van der Waals surface area contributed by atoms with Crippen LogP contribution in [0.15, 0.2) is 0 Å². The Kier molecular flexibility index (Phi) is 1.99. The highest BCUT2D eigenvalue weighted by molar-refractivity contribution is 5.85. The minimum absolute atomic E-state index is 0. The van der Waals surface area contributed by atoms with Gasteiger partial charge in [0.05, 0.1) is 6.10 Å². The van der Waals surface area contributed by atoms with E-state index in [1.807, 2.05) is 0 Å². The van der Waals surface area contributed by atoms with Crippen LogP contribution in [0.3, 0.4) is 0 Å². The Bertz CT molecular complexity index is 107. The summed E-state index contributed by atoms with van der Waals surface area (Å²) in [5.74, 6) is 0. The Balaban J connectivity index is 0.000000405. The van der Waals surface area contributed by atoms with E-state index in [2.05, 4.69) is 5.32 Å². The van der Waals surface area contributed by atoms with Crippen LogP contribution in [0.1, 0.15) is 19.3 Å². The van der Waals surface area contributed by atoms with E-state index in [-0.39, 0.29) is 18.5 Å². The van der Waals surface area contributed by atoms with Gasteiger partial charge in [-0.2, -0.15) is 0 Å². The monoisotopic (exact) mass is 149 g/mol. The Hall–Kier alpha value is 0.210. The molecule has 0 aromatic carbocycles. The maximum absolute atomic E-state index is 9.16. The molecule has 0 aromatic rings. The van der Waals surface area contributed by atoms with Crippen LogP contribution in [0.25, 0.3) is 0 Å². The number of aliphatic hydroxyl groups is 1. The van der Waals surface area contributed by atoms with Crippen LogP contribution >= 0.6 is 12.4 Å². The zero-order chi connectivity index (χ0) is 5.56. The van der Waals surface area contributed by atoms with Gasteiger partial charge in [0.25, 0.3) is 0 Å². The molecule has 0 unspecified atom stereocenters. The van der Waals surface area contributed by atoms with Gasteiger partial charge in [0.15, 0.2) is 0 Å². The average Bonchev–Trinajstić information content (AvgIpc) is 2.23. The van der Waals surface area contributed by atoms with Gasteiger partial charge in [-0.05, 0) is 19.3 Å². The zero-order valence-electron chi connectivity index (χ0n) is 5.21. The molecular formula is C6H12ClNO. The summed E-state index contributed by atoms with van der Waals surface area (Å²) in [5, 5.41) is 12.5. The summed E-state index contributed by atoms with van der Waals surface area (Å²) in [6.45, 7) is 0. The second kappa shape index (κ2) is 2.45. The van der Waals surface area contributed by atoms with Crippen molar-refractivity contribution in [2.24, 2.45) is 0 Å². The van der Waals surface area contributed by atoms with Crippen molar-refractivity contribution in [2.75, 3.05) is 0 Å². The number of hydrogen-bond acceptors (Lipinski definition) is 2. The SMILES string of the molecule is Cl.O[C@H]1C[C@H]2CC[C@@H]1N2. The summed E-state index contributed by atoms with van der Waals surface area (Å²) in [6, 6.07) is 1.09. The fourth-order valence-corrected chi connectivity index (χ4v) is 1.80. The fraction of sp³-hybridized carbons (Fsp3) is 1.00. The van der Waals surface area contributed by atoms with Crippen LogP contribution < -0.4 is 5.32 Å². The predicted molar refractivity (Wildman–Crippen MR) is 37.8 cm³/mol. The van der Waals surface area contributed by atoms with Gasteiger partial charge >= 0.3 is 0 Å². The lowest BCUT2D eigenvalue weighted by molar-refractivity contribution is 0.145. The number of hydrogen-bond donors (Lipinski definition) is 2. The standard InChI is InChI=1S/C6H11NO.ClH/c8-6-3-4-1-2-5(6)7-4;/h4-8H,1-3H2;1H/t4-,5+,6+;/m1./s1. The summed E-state index contributed by atoms with van der Waals surface area (Å²) >= 11 is 0. The Labute approximate surface area is 61.0 Å². The molecule has 0 radical (unpaired) electrons. The second-order valence-electron chi connectivity index (χ2n) is 2.85. The van der Waals surface area contributed by atoms with Gasteiger partial charge in [-0.3, -0.25) is 0 Å². The molecule has 2 heterocycles. The van der Waals surface area contributed by atoms with Gasteiger partial charge in [-0.1, -0.05) is 0 Å². The van der Waals surface area contributed by atoms with E-state index in [9.17, 15) is 0 Å². The van der Waals surface area contributed by atoms with E-state index in [0.717, 1.165) is 6.42 Å². The third-order valence-electron chi connectivity index (χ3n) is 2.27. The molecule has 2 nitrogen and oxygen atoms in total. The molecule has 2 aliphatic rings. The molecule has 2 N–H and O–H groups in total. The van der Waals surface area contributed by atoms with E-state index in [4.69, 9.17) is 5.11 Å². The van der Waals surface area contributed by atoms with E-state index < -0.39 is 0 Å². The molecule has 3 atom stereocenters. The molecule has 2 rings (SSSR count). The van der Waals surface area contributed by atoms with E-state index >= 15 is 0 Å². The molecule has 0 spiro atoms. The number of nitrogens with one attached hydrogen (secondary N) is 1. The van der Waals surface area contributed by atoms with Gasteiger partial charge in [0, 0.05) is 12.1 Å². The number of halogens is 1. The number of aliphatic hydroxyl groups excluding tert-OH is 1. The molecule has 0 aliphatic carbocycles. The van der Waals surface area contributed by atoms with Crippen molar-refractivity contribution in [1.82, 2.24) is 5.32 Å². The number of fused-ring (bicyclic) bond motifs is 2. The average molecular weight is 150 g/mol. The van der Waals surface area contributed by atoms with Crippen molar-refractivity contribution in [3.05, 3.63) is 0 Å². The normalized spacial score (nSPS) is 47.0. The molecule has 2 aliphatic heterocycles. The lowest BCUT2D eigenvalue weighted by atomic mass is 9.98. The third-order valence-corrected chi connectivity index (χ3v) is 2.27. The number of rotatable bonds is 0. The van der Waals surface area contributed by atoms with Crippen LogP contribution in [-0.4, -0.2) is 23.3 Å². The van der Waals surface area contributed by atoms with Crippen molar-refractivity contribution in [2.45, 2.75) is 37.5 Å². The first kappa shape index (κ1) is 7.32. The lowest BCUT2D eigenvalue weighted by Gasteiger charge is -2.12. The minimum Gasteiger partial charge on any atom is -0.391 e. The van der Waals surface area contributed by atoms with E-state index in [0.29, 0.717) is 12.1 Å². The Morgan fingerprint density at radius 2 is 2.11 bits per heavy atom. The van der Waals surface area contributed by atoms with E-state index in [1.165, 1.54) is 12.8 Å². The van der Waals surface area contributed by atoms with Crippen molar-refractivity contribution in [3.8, 4) is 0 Å². The highest BCUT2D eigenvalue weighted by Gasteiger charge is 2.37. The Morgan fingerprint density at radius 3 is 2.33 bits per heavy atom. The first-order chi connectivity index (χ1) is 3.86. The zero-order valence-corrected chi connectivity index (χ0v) is 6.03. The van der Waals surface area contributed by atoms with Crippen LogP contribution in [-0.2, 0) is 0 Å². The first-order valence-corrected chi connectivity index (χ1v) is 3.30. The largest absolute Gasteiger partial charge is 0.391 e. The molecule has 9 heavy (non-hydrogen) atoms. The molecular weight excluding hydrogens is 138 g/mol. The molecule has 2 fully saturated rings. The maximum Gasteiger partial charge on any atom is 0.0708 e. The van der Waals surface area contributed by atoms with Gasteiger partial charge in [0.2, 0.25) is 0 Å². The van der Waals surface area contributed by atoms with Gasteiger partial charge in [0.1, 0.15) is 0 Å². The van der Waals surface area contributed by atoms with Crippen LogP contribution in [0.4, 0.5) is 0 Å². The summed E-state index contributed by atoms with van der Waals surface area (Å²) in [7, 11) is 0. The molecule has 2 saturated heterocycles. The van der Waals surface area contributed by atoms with Crippen LogP contribution in [0.5, 0.6) is 0 Å². The van der Waals surface area contributed by atoms with Gasteiger partial charge in [-0.15, -0.1) is 12.4 Å². The molecule has 2 bridgehead atoms. The molecule has 0 amide bonds. The molecule has 54 valence electrons. The third kappa shape index (κ3) is 1.07. The van der Waals surface area contributed by atoms with Crippen molar-refractivity contribution in [3.63, 3.8) is 0 Å². The highest BCUT2D eigenvalue weighted by atomic mass is 35.5. The highest BCUT2D eigenvalue weighted by Crippen LogP contribution is 2.27. The van der Waals surface area contributed by atoms with E-state index in [1.54, 1.807) is 0 Å². The topological polar surface area (TPSA) is 32.3 Å². The van der Waals surface area contributed by atoms with Gasteiger partial charge < -0.3 is 10.4 Å². The van der Waals surface area contributed by atoms with Gasteiger partial charge in [-0.25, -0.2) is 0 Å². The minimum atomic E-state index is -0.0336. The van der Waals surface area contributed by atoms with Crippen molar-refractivity contribution >= 4 is 12.4 Å². The van der Waals surface area contributed by atoms with Crippen LogP contribution in [0.2, 0.25) is 0 Å². The molecule has 0 saturated carbocycles. The molecule has 3 heteroatoms. The Morgan fingerprint density at radius 1 is 1.33 bits per heavy atom. The maximum atomic E-state index is 9.16. The van der Waals surface area contributed by atoms with Crippen LogP contribution in [0, 0.1) is 0 Å². The first-order valence-electron chi connectivity index (χ1n) is 3.30. The summed E-state index contributed by atoms with van der Waals surface area (Å²) in [5.41, 5.74) is 0. The summed E-state index contributed by atoms with van der Waals surface area (Å²) in [4.78, 5) is 0. The summed E-state index contributed by atoms with van der Waals surface area (Å²) in [6.07, 6.45) is 3.42. The fourth-order valence-electron chi connectivity index (χ4n) is 1.80. The predicted octanol–water partition coefficient (Wildman–Crippen LogP) is 0.293. The van der Waals surface area contributed by atoms with Crippen molar-refractivity contribution in [1.29, 1.82) is 0 Å². The summed E-state index contributed by atoms with van der Waals surface area (Å²) < 4.78 is 0. The van der Waals surface area contributed by atoms with Crippen molar-refractivity contribution < 1.29 is 5.11 Å². The smallest absolute Gasteiger partial charge is 0.0708 e. The second-order valence-corrected chi connectivity index (χ2v) is 2.85. The molecule has 0 aromatic heterocycles.